The molecule has 0 aliphatic heterocycles. The molecule has 0 aromatic heterocycles. The van der Waals surface area contributed by atoms with Crippen molar-refractivity contribution in [2.45, 2.75) is 12.4 Å². The van der Waals surface area contributed by atoms with Gasteiger partial charge in [0.15, 0.2) is 0 Å². The van der Waals surface area contributed by atoms with E-state index in [0.29, 0.717) is 18.0 Å². The number of alkyl halides is 1. The van der Waals surface area contributed by atoms with Crippen LogP contribution in [0.2, 0.25) is 0 Å². The molecule has 0 saturated carbocycles. The number of hydrogen-bond acceptors (Lipinski definition) is 2. The number of carbonyl (C=O) groups excluding carboxylic acids is 1. The summed E-state index contributed by atoms with van der Waals surface area (Å²) in [5.41, 5.74) is 2.54. The Bertz CT molecular complexity index is 599. The molecule has 1 amide bonds. The molecule has 0 aliphatic rings. The van der Waals surface area contributed by atoms with Crippen LogP contribution in [-0.4, -0.2) is 13.0 Å². The lowest BCUT2D eigenvalue weighted by Gasteiger charge is -2.07. The molecule has 0 radical (unpaired) electrons. The Morgan fingerprint density at radius 2 is 1.90 bits per heavy atom. The number of carbonyl (C=O) groups is 1. The highest BCUT2D eigenvalue weighted by Crippen LogP contribution is 2.13. The van der Waals surface area contributed by atoms with E-state index >= 15 is 0 Å². The Morgan fingerprint density at radius 1 is 1.15 bits per heavy atom. The van der Waals surface area contributed by atoms with Crippen LogP contribution in [0.4, 0.5) is 0 Å². The SMILES string of the molecule is COc1cccc(CNC(=O)c2cccc(CCl)c2)c1. The van der Waals surface area contributed by atoms with Crippen molar-refractivity contribution in [1.82, 2.24) is 5.32 Å². The summed E-state index contributed by atoms with van der Waals surface area (Å²) in [6, 6.07) is 14.9. The van der Waals surface area contributed by atoms with Crippen LogP contribution in [0.5, 0.6) is 5.75 Å². The van der Waals surface area contributed by atoms with Gasteiger partial charge < -0.3 is 10.1 Å². The summed E-state index contributed by atoms with van der Waals surface area (Å²) >= 11 is 5.76. The van der Waals surface area contributed by atoms with Gasteiger partial charge in [0.2, 0.25) is 0 Å². The van der Waals surface area contributed by atoms with Crippen LogP contribution >= 0.6 is 11.6 Å². The number of nitrogens with one attached hydrogen (secondary N) is 1. The summed E-state index contributed by atoms with van der Waals surface area (Å²) in [5, 5.41) is 2.88. The van der Waals surface area contributed by atoms with Crippen LogP contribution in [-0.2, 0) is 12.4 Å². The molecule has 0 bridgehead atoms. The first kappa shape index (κ1) is 14.4. The topological polar surface area (TPSA) is 38.3 Å². The van der Waals surface area contributed by atoms with Gasteiger partial charge in [-0.25, -0.2) is 0 Å². The zero-order chi connectivity index (χ0) is 14.4. The zero-order valence-corrected chi connectivity index (χ0v) is 12.0. The minimum Gasteiger partial charge on any atom is -0.497 e. The molecule has 1 N–H and O–H groups in total. The van der Waals surface area contributed by atoms with Crippen molar-refractivity contribution < 1.29 is 9.53 Å². The Morgan fingerprint density at radius 3 is 2.65 bits per heavy atom. The lowest BCUT2D eigenvalue weighted by molar-refractivity contribution is 0.0951. The standard InChI is InChI=1S/C16H16ClNO2/c1-20-15-7-3-5-13(9-15)11-18-16(19)14-6-2-4-12(8-14)10-17/h2-9H,10-11H2,1H3,(H,18,19). The fourth-order valence-electron chi connectivity index (χ4n) is 1.86. The van der Waals surface area contributed by atoms with Gasteiger partial charge in [-0.05, 0) is 35.4 Å². The predicted octanol–water partition coefficient (Wildman–Crippen LogP) is 3.36. The quantitative estimate of drug-likeness (QED) is 0.857. The number of halogens is 1. The molecule has 0 spiro atoms. The Hall–Kier alpha value is -2.00. The van der Waals surface area contributed by atoms with Gasteiger partial charge in [-0.3, -0.25) is 4.79 Å². The number of rotatable bonds is 5. The maximum atomic E-state index is 12.1. The summed E-state index contributed by atoms with van der Waals surface area (Å²) in [6.45, 7) is 0.459. The molecule has 0 unspecified atom stereocenters. The molecule has 20 heavy (non-hydrogen) atoms. The van der Waals surface area contributed by atoms with Crippen molar-refractivity contribution in [2.75, 3.05) is 7.11 Å². The second-order valence-corrected chi connectivity index (χ2v) is 4.64. The monoisotopic (exact) mass is 289 g/mol. The third-order valence-electron chi connectivity index (χ3n) is 2.93. The molecule has 3 nitrogen and oxygen atoms in total. The number of hydrogen-bond donors (Lipinski definition) is 1. The Kier molecular flexibility index (Phi) is 5.02. The predicted molar refractivity (Wildman–Crippen MR) is 80.2 cm³/mol. The molecule has 104 valence electrons. The van der Waals surface area contributed by atoms with Crippen LogP contribution < -0.4 is 10.1 Å². The van der Waals surface area contributed by atoms with Crippen molar-refractivity contribution in [1.29, 1.82) is 0 Å². The summed E-state index contributed by atoms with van der Waals surface area (Å²) in [4.78, 5) is 12.1. The first-order chi connectivity index (χ1) is 9.72. The van der Waals surface area contributed by atoms with E-state index in [1.807, 2.05) is 36.4 Å². The Balaban J connectivity index is 2.00. The second kappa shape index (κ2) is 6.96. The maximum absolute atomic E-state index is 12.1. The molecule has 0 heterocycles. The van der Waals surface area contributed by atoms with Gasteiger partial charge in [-0.15, -0.1) is 11.6 Å². The Labute approximate surface area is 123 Å². The van der Waals surface area contributed by atoms with Crippen LogP contribution in [0.25, 0.3) is 0 Å². The van der Waals surface area contributed by atoms with Gasteiger partial charge in [-0.1, -0.05) is 24.3 Å². The largest absolute Gasteiger partial charge is 0.497 e. The number of methoxy groups -OCH3 is 1. The van der Waals surface area contributed by atoms with Crippen LogP contribution in [0.1, 0.15) is 21.5 Å². The van der Waals surface area contributed by atoms with E-state index in [2.05, 4.69) is 5.32 Å². The first-order valence-electron chi connectivity index (χ1n) is 6.29. The average molecular weight is 290 g/mol. The van der Waals surface area contributed by atoms with Gasteiger partial charge in [-0.2, -0.15) is 0 Å². The lowest BCUT2D eigenvalue weighted by Crippen LogP contribution is -2.22. The van der Waals surface area contributed by atoms with E-state index in [1.54, 1.807) is 19.2 Å². The van der Waals surface area contributed by atoms with E-state index in [1.165, 1.54) is 0 Å². The van der Waals surface area contributed by atoms with Crippen LogP contribution in [0.15, 0.2) is 48.5 Å². The minimum absolute atomic E-state index is 0.111. The van der Waals surface area contributed by atoms with Gasteiger partial charge in [0.05, 0.1) is 7.11 Å². The molecule has 0 aliphatic carbocycles. The molecule has 0 saturated heterocycles. The maximum Gasteiger partial charge on any atom is 0.251 e. The highest BCUT2D eigenvalue weighted by Gasteiger charge is 2.06. The van der Waals surface area contributed by atoms with Crippen molar-refractivity contribution in [3.63, 3.8) is 0 Å². The van der Waals surface area contributed by atoms with E-state index in [9.17, 15) is 4.79 Å². The molecular formula is C16H16ClNO2. The summed E-state index contributed by atoms with van der Waals surface area (Å²) < 4.78 is 5.15. The normalized spacial score (nSPS) is 10.1. The molecule has 4 heteroatoms. The highest BCUT2D eigenvalue weighted by molar-refractivity contribution is 6.17. The molecular weight excluding hydrogens is 274 g/mol. The smallest absolute Gasteiger partial charge is 0.251 e. The number of benzene rings is 2. The van der Waals surface area contributed by atoms with Crippen LogP contribution in [0, 0.1) is 0 Å². The van der Waals surface area contributed by atoms with E-state index < -0.39 is 0 Å². The molecule has 0 fully saturated rings. The minimum atomic E-state index is -0.111. The molecule has 0 atom stereocenters. The van der Waals surface area contributed by atoms with Crippen molar-refractivity contribution in [2.24, 2.45) is 0 Å². The molecule has 2 rings (SSSR count). The first-order valence-corrected chi connectivity index (χ1v) is 6.82. The van der Waals surface area contributed by atoms with E-state index in [4.69, 9.17) is 16.3 Å². The summed E-state index contributed by atoms with van der Waals surface area (Å²) in [7, 11) is 1.62. The highest BCUT2D eigenvalue weighted by atomic mass is 35.5. The number of ether oxygens (including phenoxy) is 1. The third-order valence-corrected chi connectivity index (χ3v) is 3.24. The van der Waals surface area contributed by atoms with E-state index in [0.717, 1.165) is 16.9 Å². The van der Waals surface area contributed by atoms with Crippen molar-refractivity contribution >= 4 is 17.5 Å². The van der Waals surface area contributed by atoms with Gasteiger partial charge in [0.25, 0.3) is 5.91 Å². The zero-order valence-electron chi connectivity index (χ0n) is 11.2. The second-order valence-electron chi connectivity index (χ2n) is 4.37. The summed E-state index contributed by atoms with van der Waals surface area (Å²) in [5.74, 6) is 1.07. The number of amides is 1. The fraction of sp³-hybridized carbons (Fsp3) is 0.188. The van der Waals surface area contributed by atoms with Gasteiger partial charge in [0, 0.05) is 18.0 Å². The van der Waals surface area contributed by atoms with E-state index in [-0.39, 0.29) is 5.91 Å². The van der Waals surface area contributed by atoms with Gasteiger partial charge in [0.1, 0.15) is 5.75 Å². The molecule has 2 aromatic carbocycles. The average Bonchev–Trinajstić information content (AvgIpc) is 2.52. The molecule has 2 aromatic rings. The summed E-state index contributed by atoms with van der Waals surface area (Å²) in [6.07, 6.45) is 0. The van der Waals surface area contributed by atoms with Crippen molar-refractivity contribution in [3.8, 4) is 5.75 Å². The van der Waals surface area contributed by atoms with Gasteiger partial charge >= 0.3 is 0 Å². The lowest BCUT2D eigenvalue weighted by atomic mass is 10.1. The third kappa shape index (κ3) is 3.75. The van der Waals surface area contributed by atoms with Crippen molar-refractivity contribution in [3.05, 3.63) is 65.2 Å². The fourth-order valence-corrected chi connectivity index (χ4v) is 2.03. The van der Waals surface area contributed by atoms with Crippen LogP contribution in [0.3, 0.4) is 0 Å².